The van der Waals surface area contributed by atoms with E-state index in [-0.39, 0.29) is 0 Å². The Morgan fingerprint density at radius 3 is 2.50 bits per heavy atom. The van der Waals surface area contributed by atoms with E-state index in [1.165, 1.54) is 5.56 Å². The molecule has 0 aliphatic carbocycles. The summed E-state index contributed by atoms with van der Waals surface area (Å²) in [7, 11) is 3.27. The van der Waals surface area contributed by atoms with Crippen molar-refractivity contribution in [2.45, 2.75) is 20.4 Å². The molecule has 1 heterocycles. The molecule has 6 nitrogen and oxygen atoms in total. The van der Waals surface area contributed by atoms with Gasteiger partial charge in [-0.05, 0) is 49.2 Å². The molecule has 1 N–H and O–H groups in total. The van der Waals surface area contributed by atoms with Gasteiger partial charge in [0.05, 0.1) is 14.2 Å². The molecule has 0 aliphatic heterocycles. The summed E-state index contributed by atoms with van der Waals surface area (Å²) in [6.45, 7) is 5.64. The average Bonchev–Trinajstić information content (AvgIpc) is 2.73. The van der Waals surface area contributed by atoms with Crippen molar-refractivity contribution >= 4 is 17.3 Å². The lowest BCUT2D eigenvalue weighted by molar-refractivity contribution is 0.354. The van der Waals surface area contributed by atoms with E-state index in [2.05, 4.69) is 58.3 Å². The molecule has 0 atom stereocenters. The van der Waals surface area contributed by atoms with Gasteiger partial charge >= 0.3 is 0 Å². The lowest BCUT2D eigenvalue weighted by atomic mass is 10.2. The standard InChI is InChI=1S/C22H26N4O2/c1-5-26(18-8-6-7-16(2)11-18)22-13-21(24-15-25-22)23-14-17-9-10-19(27-3)20(12-17)28-4/h6-13,15H,5,14H2,1-4H3,(H,23,24,25). The summed E-state index contributed by atoms with van der Waals surface area (Å²) in [6.07, 6.45) is 1.59. The van der Waals surface area contributed by atoms with Gasteiger partial charge in [0.15, 0.2) is 11.5 Å². The van der Waals surface area contributed by atoms with Crippen LogP contribution in [0.25, 0.3) is 0 Å². The van der Waals surface area contributed by atoms with Crippen molar-refractivity contribution in [1.29, 1.82) is 0 Å². The molecule has 3 aromatic rings. The van der Waals surface area contributed by atoms with Gasteiger partial charge in [-0.25, -0.2) is 9.97 Å². The molecule has 0 fully saturated rings. The van der Waals surface area contributed by atoms with Gasteiger partial charge in [-0.3, -0.25) is 0 Å². The highest BCUT2D eigenvalue weighted by Gasteiger charge is 2.10. The Hall–Kier alpha value is -3.28. The highest BCUT2D eigenvalue weighted by Crippen LogP contribution is 2.28. The van der Waals surface area contributed by atoms with Crippen LogP contribution < -0.4 is 19.7 Å². The number of ether oxygens (including phenoxy) is 2. The molecule has 0 spiro atoms. The van der Waals surface area contributed by atoms with Gasteiger partial charge < -0.3 is 19.7 Å². The number of aromatic nitrogens is 2. The van der Waals surface area contributed by atoms with Gasteiger partial charge in [-0.15, -0.1) is 0 Å². The molecule has 146 valence electrons. The lowest BCUT2D eigenvalue weighted by Gasteiger charge is -2.22. The van der Waals surface area contributed by atoms with Crippen LogP contribution in [-0.2, 0) is 6.54 Å². The second-order valence-electron chi connectivity index (χ2n) is 6.39. The quantitative estimate of drug-likeness (QED) is 0.619. The van der Waals surface area contributed by atoms with Crippen LogP contribution in [-0.4, -0.2) is 30.7 Å². The fourth-order valence-electron chi connectivity index (χ4n) is 3.05. The molecule has 28 heavy (non-hydrogen) atoms. The van der Waals surface area contributed by atoms with E-state index in [4.69, 9.17) is 9.47 Å². The molecule has 0 bridgehead atoms. The summed E-state index contributed by atoms with van der Waals surface area (Å²) in [4.78, 5) is 11.0. The summed E-state index contributed by atoms with van der Waals surface area (Å²) in [5.41, 5.74) is 3.41. The summed E-state index contributed by atoms with van der Waals surface area (Å²) in [6, 6.07) is 16.2. The normalized spacial score (nSPS) is 10.4. The SMILES string of the molecule is CCN(c1cccc(C)c1)c1cc(NCc2ccc(OC)c(OC)c2)ncn1. The molecule has 0 aliphatic rings. The smallest absolute Gasteiger partial charge is 0.161 e. The van der Waals surface area contributed by atoms with Gasteiger partial charge in [-0.1, -0.05) is 18.2 Å². The topological polar surface area (TPSA) is 59.5 Å². The minimum Gasteiger partial charge on any atom is -0.493 e. The number of nitrogens with zero attached hydrogens (tertiary/aromatic N) is 3. The second-order valence-corrected chi connectivity index (χ2v) is 6.39. The number of hydrogen-bond acceptors (Lipinski definition) is 6. The highest BCUT2D eigenvalue weighted by atomic mass is 16.5. The van der Waals surface area contributed by atoms with Crippen LogP contribution in [0.3, 0.4) is 0 Å². The van der Waals surface area contributed by atoms with Crippen molar-refractivity contribution in [3.63, 3.8) is 0 Å². The highest BCUT2D eigenvalue weighted by molar-refractivity contribution is 5.62. The first-order chi connectivity index (χ1) is 13.6. The third-order valence-electron chi connectivity index (χ3n) is 4.48. The maximum atomic E-state index is 5.37. The number of nitrogens with one attached hydrogen (secondary N) is 1. The summed E-state index contributed by atoms with van der Waals surface area (Å²) in [5, 5.41) is 3.36. The fourth-order valence-corrected chi connectivity index (χ4v) is 3.05. The Morgan fingerprint density at radius 2 is 1.79 bits per heavy atom. The van der Waals surface area contributed by atoms with Crippen LogP contribution in [0.5, 0.6) is 11.5 Å². The molecule has 2 aromatic carbocycles. The van der Waals surface area contributed by atoms with Crippen molar-refractivity contribution in [2.75, 3.05) is 31.0 Å². The monoisotopic (exact) mass is 378 g/mol. The largest absolute Gasteiger partial charge is 0.493 e. The Kier molecular flexibility index (Phi) is 6.32. The predicted molar refractivity (Wildman–Crippen MR) is 113 cm³/mol. The maximum absolute atomic E-state index is 5.37. The van der Waals surface area contributed by atoms with Crippen LogP contribution >= 0.6 is 0 Å². The molecule has 3 rings (SSSR count). The van der Waals surface area contributed by atoms with E-state index in [1.54, 1.807) is 20.5 Å². The van der Waals surface area contributed by atoms with Crippen molar-refractivity contribution < 1.29 is 9.47 Å². The van der Waals surface area contributed by atoms with Gasteiger partial charge in [0.25, 0.3) is 0 Å². The summed E-state index contributed by atoms with van der Waals surface area (Å²) < 4.78 is 10.7. The first kappa shape index (κ1) is 19.5. The van der Waals surface area contributed by atoms with Crippen molar-refractivity contribution in [2.24, 2.45) is 0 Å². The van der Waals surface area contributed by atoms with Gasteiger partial charge in [-0.2, -0.15) is 0 Å². The van der Waals surface area contributed by atoms with Crippen molar-refractivity contribution in [3.8, 4) is 11.5 Å². The van der Waals surface area contributed by atoms with Gasteiger partial charge in [0.2, 0.25) is 0 Å². The van der Waals surface area contributed by atoms with E-state index < -0.39 is 0 Å². The summed E-state index contributed by atoms with van der Waals surface area (Å²) >= 11 is 0. The van der Waals surface area contributed by atoms with E-state index in [0.29, 0.717) is 18.0 Å². The van der Waals surface area contributed by atoms with E-state index >= 15 is 0 Å². The maximum Gasteiger partial charge on any atom is 0.161 e. The van der Waals surface area contributed by atoms with Gasteiger partial charge in [0.1, 0.15) is 18.0 Å². The average molecular weight is 378 g/mol. The first-order valence-electron chi connectivity index (χ1n) is 9.25. The molecule has 0 saturated carbocycles. The molecule has 6 heteroatoms. The van der Waals surface area contributed by atoms with Crippen LogP contribution in [0.4, 0.5) is 17.3 Å². The predicted octanol–water partition coefficient (Wildman–Crippen LogP) is 4.57. The van der Waals surface area contributed by atoms with Crippen LogP contribution in [0.15, 0.2) is 54.9 Å². The zero-order valence-corrected chi connectivity index (χ0v) is 16.8. The zero-order chi connectivity index (χ0) is 19.9. The van der Waals surface area contributed by atoms with Crippen molar-refractivity contribution in [1.82, 2.24) is 9.97 Å². The number of aryl methyl sites for hydroxylation is 1. The van der Waals surface area contributed by atoms with Gasteiger partial charge in [0, 0.05) is 24.8 Å². The zero-order valence-electron chi connectivity index (χ0n) is 16.8. The van der Waals surface area contributed by atoms with E-state index in [9.17, 15) is 0 Å². The Bertz CT molecular complexity index is 930. The van der Waals surface area contributed by atoms with Crippen LogP contribution in [0, 0.1) is 6.92 Å². The molecule has 0 radical (unpaired) electrons. The van der Waals surface area contributed by atoms with Crippen molar-refractivity contribution in [3.05, 3.63) is 66.0 Å². The lowest BCUT2D eigenvalue weighted by Crippen LogP contribution is -2.18. The van der Waals surface area contributed by atoms with E-state index in [0.717, 1.165) is 29.4 Å². The third-order valence-corrected chi connectivity index (χ3v) is 4.48. The number of benzene rings is 2. The molecular formula is C22H26N4O2. The molecular weight excluding hydrogens is 352 g/mol. The number of hydrogen-bond donors (Lipinski definition) is 1. The van der Waals surface area contributed by atoms with E-state index in [1.807, 2.05) is 24.3 Å². The number of methoxy groups -OCH3 is 2. The molecule has 1 aromatic heterocycles. The molecule has 0 saturated heterocycles. The molecule has 0 unspecified atom stereocenters. The number of rotatable bonds is 8. The summed E-state index contributed by atoms with van der Waals surface area (Å²) in [5.74, 6) is 3.05. The minimum atomic E-state index is 0.618. The number of anilines is 3. The Balaban J connectivity index is 1.76. The van der Waals surface area contributed by atoms with Crippen LogP contribution in [0.1, 0.15) is 18.1 Å². The molecule has 0 amide bonds. The fraction of sp³-hybridized carbons (Fsp3) is 0.273. The third kappa shape index (κ3) is 4.52. The second kappa shape index (κ2) is 9.08. The minimum absolute atomic E-state index is 0.618. The Morgan fingerprint density at radius 1 is 0.964 bits per heavy atom. The Labute approximate surface area is 166 Å². The van der Waals surface area contributed by atoms with Crippen LogP contribution in [0.2, 0.25) is 0 Å². The first-order valence-corrected chi connectivity index (χ1v) is 9.25.